The molecule has 9 heteroatoms. The lowest BCUT2D eigenvalue weighted by molar-refractivity contribution is -0.137. The highest BCUT2D eigenvalue weighted by atomic mass is 32.2. The van der Waals surface area contributed by atoms with Gasteiger partial charge in [0.15, 0.2) is 0 Å². The van der Waals surface area contributed by atoms with Crippen molar-refractivity contribution >= 4 is 21.9 Å². The molecule has 0 atom stereocenters. The van der Waals surface area contributed by atoms with Crippen LogP contribution in [-0.2, 0) is 15.0 Å². The van der Waals surface area contributed by atoms with E-state index in [9.17, 15) is 13.2 Å². The first-order valence-corrected chi connectivity index (χ1v) is 6.75. The van der Waals surface area contributed by atoms with Gasteiger partial charge in [-0.3, -0.25) is 9.52 Å². The summed E-state index contributed by atoms with van der Waals surface area (Å²) >= 11 is 0. The Morgan fingerprint density at radius 1 is 1.58 bits per heavy atom. The summed E-state index contributed by atoms with van der Waals surface area (Å²) in [6.45, 7) is -0.132. The Balaban J connectivity index is 2.81. The van der Waals surface area contributed by atoms with E-state index in [1.807, 2.05) is 0 Å². The van der Waals surface area contributed by atoms with Crippen LogP contribution in [0.5, 0.6) is 5.88 Å². The fourth-order valence-electron chi connectivity index (χ4n) is 1.22. The van der Waals surface area contributed by atoms with Gasteiger partial charge >= 0.3 is 16.2 Å². The monoisotopic (exact) mass is 289 g/mol. The average Bonchev–Trinajstić information content (AvgIpc) is 2.36. The normalized spacial score (nSPS) is 11.3. The maximum Gasteiger partial charge on any atom is 0.304 e. The molecule has 0 saturated carbocycles. The van der Waals surface area contributed by atoms with E-state index in [1.165, 1.54) is 26.4 Å². The van der Waals surface area contributed by atoms with Crippen LogP contribution < -0.4 is 9.46 Å². The summed E-state index contributed by atoms with van der Waals surface area (Å²) in [5.74, 6) is -0.932. The Kier molecular flexibility index (Phi) is 5.07. The molecule has 0 aliphatic carbocycles. The number of nitrogens with zero attached hydrogens (tertiary/aromatic N) is 2. The number of pyridine rings is 1. The molecule has 1 aromatic heterocycles. The van der Waals surface area contributed by atoms with Crippen LogP contribution in [0.15, 0.2) is 18.3 Å². The van der Waals surface area contributed by atoms with E-state index in [2.05, 4.69) is 9.71 Å². The van der Waals surface area contributed by atoms with Crippen LogP contribution in [0.25, 0.3) is 0 Å². The van der Waals surface area contributed by atoms with Crippen molar-refractivity contribution < 1.29 is 23.1 Å². The van der Waals surface area contributed by atoms with Gasteiger partial charge in [-0.25, -0.2) is 4.98 Å². The van der Waals surface area contributed by atoms with Gasteiger partial charge < -0.3 is 9.84 Å². The molecule has 0 unspecified atom stereocenters. The summed E-state index contributed by atoms with van der Waals surface area (Å²) in [7, 11) is -1.19. The van der Waals surface area contributed by atoms with Gasteiger partial charge in [0.1, 0.15) is 5.69 Å². The van der Waals surface area contributed by atoms with E-state index in [1.54, 1.807) is 6.07 Å². The third kappa shape index (κ3) is 4.38. The first-order valence-electron chi connectivity index (χ1n) is 5.31. The molecule has 0 radical (unpaired) electrons. The number of hydrogen-bond donors (Lipinski definition) is 2. The van der Waals surface area contributed by atoms with Gasteiger partial charge in [0, 0.05) is 19.8 Å². The van der Waals surface area contributed by atoms with Crippen LogP contribution in [0, 0.1) is 0 Å². The maximum absolute atomic E-state index is 11.9. The third-order valence-corrected chi connectivity index (χ3v) is 3.74. The number of rotatable bonds is 7. The van der Waals surface area contributed by atoms with Crippen molar-refractivity contribution in [3.05, 3.63) is 18.3 Å². The summed E-state index contributed by atoms with van der Waals surface area (Å²) in [5, 5.41) is 8.53. The van der Waals surface area contributed by atoms with Crippen LogP contribution in [0.2, 0.25) is 0 Å². The Labute approximate surface area is 111 Å². The number of aromatic nitrogens is 1. The summed E-state index contributed by atoms with van der Waals surface area (Å²) in [5.41, 5.74) is 0.187. The number of hydrogen-bond acceptors (Lipinski definition) is 5. The van der Waals surface area contributed by atoms with Crippen molar-refractivity contribution in [3.8, 4) is 5.88 Å². The molecule has 2 N–H and O–H groups in total. The van der Waals surface area contributed by atoms with Crippen molar-refractivity contribution in [2.45, 2.75) is 6.42 Å². The zero-order chi connectivity index (χ0) is 14.5. The molecule has 106 valence electrons. The van der Waals surface area contributed by atoms with Crippen molar-refractivity contribution in [1.82, 2.24) is 9.29 Å². The highest BCUT2D eigenvalue weighted by Crippen LogP contribution is 2.21. The van der Waals surface area contributed by atoms with E-state index in [-0.39, 0.29) is 24.5 Å². The smallest absolute Gasteiger partial charge is 0.304 e. The maximum atomic E-state index is 11.9. The van der Waals surface area contributed by atoms with Crippen molar-refractivity contribution in [3.63, 3.8) is 0 Å². The SMILES string of the molecule is COc1ncccc1NS(=O)(=O)N(C)CCC(=O)O. The molecule has 19 heavy (non-hydrogen) atoms. The van der Waals surface area contributed by atoms with Gasteiger partial charge in [-0.2, -0.15) is 12.7 Å². The molecule has 0 fully saturated rings. The fraction of sp³-hybridized carbons (Fsp3) is 0.400. The predicted octanol–water partition coefficient (Wildman–Crippen LogP) is 0.153. The summed E-state index contributed by atoms with van der Waals surface area (Å²) in [6, 6.07) is 3.05. The lowest BCUT2D eigenvalue weighted by Gasteiger charge is -2.18. The number of carboxylic acids is 1. The van der Waals surface area contributed by atoms with Crippen LogP contribution in [-0.4, -0.2) is 49.5 Å². The van der Waals surface area contributed by atoms with Gasteiger partial charge in [-0.1, -0.05) is 0 Å². The number of aliphatic carboxylic acids is 1. The number of carboxylic acid groups (broad SMARTS) is 1. The van der Waals surface area contributed by atoms with E-state index in [0.717, 1.165) is 4.31 Å². The molecular weight excluding hydrogens is 274 g/mol. The van der Waals surface area contributed by atoms with Crippen molar-refractivity contribution in [2.24, 2.45) is 0 Å². The summed E-state index contributed by atoms with van der Waals surface area (Å²) < 4.78 is 31.9. The molecule has 0 saturated heterocycles. The second kappa shape index (κ2) is 6.34. The Morgan fingerprint density at radius 3 is 2.84 bits per heavy atom. The number of ether oxygens (including phenoxy) is 1. The second-order valence-corrected chi connectivity index (χ2v) is 5.41. The molecule has 8 nitrogen and oxygen atoms in total. The third-order valence-electron chi connectivity index (χ3n) is 2.25. The number of nitrogens with one attached hydrogen (secondary N) is 1. The fourth-order valence-corrected chi connectivity index (χ4v) is 2.14. The number of methoxy groups -OCH3 is 1. The zero-order valence-corrected chi connectivity index (χ0v) is 11.3. The van der Waals surface area contributed by atoms with Crippen LogP contribution in [0.4, 0.5) is 5.69 Å². The van der Waals surface area contributed by atoms with Gasteiger partial charge in [-0.15, -0.1) is 0 Å². The molecule has 0 aliphatic heterocycles. The molecule has 0 spiro atoms. The lowest BCUT2D eigenvalue weighted by atomic mass is 10.4. The summed E-state index contributed by atoms with van der Waals surface area (Å²) in [6.07, 6.45) is 1.19. The van der Waals surface area contributed by atoms with Crippen molar-refractivity contribution in [1.29, 1.82) is 0 Å². The van der Waals surface area contributed by atoms with Gasteiger partial charge in [0.25, 0.3) is 0 Å². The molecule has 0 aromatic carbocycles. The highest BCUT2D eigenvalue weighted by Gasteiger charge is 2.20. The van der Waals surface area contributed by atoms with Crippen LogP contribution in [0.1, 0.15) is 6.42 Å². The van der Waals surface area contributed by atoms with Gasteiger partial charge in [0.2, 0.25) is 5.88 Å². The highest BCUT2D eigenvalue weighted by molar-refractivity contribution is 7.90. The summed E-state index contributed by atoms with van der Waals surface area (Å²) in [4.78, 5) is 14.3. The Morgan fingerprint density at radius 2 is 2.26 bits per heavy atom. The van der Waals surface area contributed by atoms with E-state index < -0.39 is 16.2 Å². The van der Waals surface area contributed by atoms with E-state index in [0.29, 0.717) is 0 Å². The molecule has 0 amide bonds. The minimum Gasteiger partial charge on any atom is -0.481 e. The molecule has 0 bridgehead atoms. The molecule has 0 aliphatic rings. The first-order chi connectivity index (χ1) is 8.86. The minimum absolute atomic E-state index is 0.132. The first kappa shape index (κ1) is 15.2. The molecule has 1 aromatic rings. The average molecular weight is 289 g/mol. The lowest BCUT2D eigenvalue weighted by Crippen LogP contribution is -2.34. The van der Waals surface area contributed by atoms with Gasteiger partial charge in [0.05, 0.1) is 13.5 Å². The zero-order valence-electron chi connectivity index (χ0n) is 10.5. The largest absolute Gasteiger partial charge is 0.481 e. The van der Waals surface area contributed by atoms with Crippen LogP contribution in [0.3, 0.4) is 0 Å². The Bertz CT molecular complexity index is 546. The quantitative estimate of drug-likeness (QED) is 0.739. The number of anilines is 1. The topological polar surface area (TPSA) is 109 Å². The van der Waals surface area contributed by atoms with E-state index in [4.69, 9.17) is 9.84 Å². The molecule has 1 heterocycles. The minimum atomic E-state index is -3.84. The van der Waals surface area contributed by atoms with Gasteiger partial charge in [-0.05, 0) is 12.1 Å². The molecular formula is C10H15N3O5S. The number of carbonyl (C=O) groups is 1. The van der Waals surface area contributed by atoms with Crippen LogP contribution >= 0.6 is 0 Å². The predicted molar refractivity (Wildman–Crippen MR) is 68.2 cm³/mol. The standard InChI is InChI=1S/C10H15N3O5S/c1-13(7-5-9(14)15)19(16,17)12-8-4-3-6-11-10(8)18-2/h3-4,6,12H,5,7H2,1-2H3,(H,14,15). The van der Waals surface area contributed by atoms with E-state index >= 15 is 0 Å². The van der Waals surface area contributed by atoms with Crippen molar-refractivity contribution in [2.75, 3.05) is 25.4 Å². The second-order valence-electron chi connectivity index (χ2n) is 3.63. The Hall–Kier alpha value is -1.87. The molecule has 1 rings (SSSR count).